The fourth-order valence-corrected chi connectivity index (χ4v) is 2.14. The minimum atomic E-state index is -0.463. The number of unbranched alkanes of at least 4 members (excludes halogenated alkanes) is 1. The third-order valence-electron chi connectivity index (χ3n) is 3.15. The molecule has 0 radical (unpaired) electrons. The summed E-state index contributed by atoms with van der Waals surface area (Å²) in [4.78, 5) is 10.7. The van der Waals surface area contributed by atoms with Crippen molar-refractivity contribution in [3.8, 4) is 0 Å². The van der Waals surface area contributed by atoms with Gasteiger partial charge in [-0.3, -0.25) is 0 Å². The largest absolute Gasteiger partial charge is 0.352 e. The second kappa shape index (κ2) is 8.53. The van der Waals surface area contributed by atoms with E-state index in [2.05, 4.69) is 30.4 Å². The number of amides is 2. The number of aryl methyl sites for hydroxylation is 2. The first-order valence-electron chi connectivity index (χ1n) is 7.00. The van der Waals surface area contributed by atoms with E-state index in [4.69, 9.17) is 11.5 Å². The predicted molar refractivity (Wildman–Crippen MR) is 79.1 cm³/mol. The van der Waals surface area contributed by atoms with Gasteiger partial charge in [0, 0.05) is 6.54 Å². The Kier molecular flexibility index (Phi) is 6.97. The van der Waals surface area contributed by atoms with E-state index in [1.807, 2.05) is 0 Å². The molecule has 2 amide bonds. The Morgan fingerprint density at radius 1 is 1.11 bits per heavy atom. The summed E-state index contributed by atoms with van der Waals surface area (Å²) in [6, 6.07) is 6.23. The molecular weight excluding hydrogens is 238 g/mol. The van der Waals surface area contributed by atoms with Crippen LogP contribution in [0.3, 0.4) is 0 Å². The first-order chi connectivity index (χ1) is 9.15. The van der Waals surface area contributed by atoms with Crippen molar-refractivity contribution in [2.24, 2.45) is 11.5 Å². The van der Waals surface area contributed by atoms with Crippen molar-refractivity contribution in [3.63, 3.8) is 0 Å². The Labute approximate surface area is 115 Å². The summed E-state index contributed by atoms with van der Waals surface area (Å²) in [6.45, 7) is 3.50. The maximum Gasteiger partial charge on any atom is 0.312 e. The summed E-state index contributed by atoms with van der Waals surface area (Å²) in [7, 11) is 0. The van der Waals surface area contributed by atoms with Gasteiger partial charge in [0.2, 0.25) is 0 Å². The second-order valence-electron chi connectivity index (χ2n) is 4.80. The van der Waals surface area contributed by atoms with Gasteiger partial charge in [-0.1, -0.05) is 25.1 Å². The Balaban J connectivity index is 2.63. The molecule has 106 valence electrons. The quantitative estimate of drug-likeness (QED) is 0.624. The number of nitrogens with one attached hydrogen (secondary N) is 1. The summed E-state index contributed by atoms with van der Waals surface area (Å²) in [5.41, 5.74) is 14.6. The van der Waals surface area contributed by atoms with Crippen molar-refractivity contribution in [1.29, 1.82) is 0 Å². The average molecular weight is 263 g/mol. The minimum absolute atomic E-state index is 0.463. The van der Waals surface area contributed by atoms with Gasteiger partial charge in [-0.25, -0.2) is 4.79 Å². The van der Waals surface area contributed by atoms with Crippen LogP contribution in [0.1, 0.15) is 36.5 Å². The molecule has 1 rings (SSSR count). The fraction of sp³-hybridized carbons (Fsp3) is 0.533. The Morgan fingerprint density at radius 3 is 2.32 bits per heavy atom. The Morgan fingerprint density at radius 2 is 1.74 bits per heavy atom. The fourth-order valence-electron chi connectivity index (χ4n) is 2.14. The van der Waals surface area contributed by atoms with Crippen LogP contribution in [0.15, 0.2) is 18.2 Å². The van der Waals surface area contributed by atoms with Crippen molar-refractivity contribution in [3.05, 3.63) is 34.9 Å². The van der Waals surface area contributed by atoms with Crippen LogP contribution in [0.5, 0.6) is 0 Å². The van der Waals surface area contributed by atoms with Crippen LogP contribution in [0.25, 0.3) is 0 Å². The molecule has 5 N–H and O–H groups in total. The molecule has 0 unspecified atom stereocenters. The number of primary amides is 1. The molecule has 0 fully saturated rings. The lowest BCUT2D eigenvalue weighted by molar-refractivity contribution is 0.249. The SMILES string of the molecule is CCc1cc(CCCCN)cc(CCNC(N)=O)c1. The first-order valence-corrected chi connectivity index (χ1v) is 7.00. The molecule has 0 atom stereocenters. The molecule has 1 aromatic carbocycles. The van der Waals surface area contributed by atoms with E-state index in [1.54, 1.807) is 0 Å². The molecule has 0 heterocycles. The molecule has 0 aromatic heterocycles. The van der Waals surface area contributed by atoms with Gasteiger partial charge in [-0.15, -0.1) is 0 Å². The average Bonchev–Trinajstić information content (AvgIpc) is 2.38. The Hall–Kier alpha value is -1.55. The predicted octanol–water partition coefficient (Wildman–Crippen LogP) is 1.74. The van der Waals surface area contributed by atoms with Gasteiger partial charge in [-0.05, 0) is 55.3 Å². The van der Waals surface area contributed by atoms with Crippen LogP contribution in [0, 0.1) is 0 Å². The number of hydrogen-bond donors (Lipinski definition) is 3. The highest BCUT2D eigenvalue weighted by Crippen LogP contribution is 2.14. The van der Waals surface area contributed by atoms with Crippen LogP contribution in [0.4, 0.5) is 4.79 Å². The van der Waals surface area contributed by atoms with Gasteiger partial charge in [0.25, 0.3) is 0 Å². The lowest BCUT2D eigenvalue weighted by atomic mass is 9.99. The molecule has 0 aliphatic rings. The standard InChI is InChI=1S/C15H25N3O/c1-2-12-9-13(5-3-4-7-16)11-14(10-12)6-8-18-15(17)19/h9-11H,2-8,16H2,1H3,(H3,17,18,19). The lowest BCUT2D eigenvalue weighted by Gasteiger charge is -2.09. The van der Waals surface area contributed by atoms with Crippen LogP contribution in [0.2, 0.25) is 0 Å². The Bertz CT molecular complexity index is 404. The van der Waals surface area contributed by atoms with Crippen LogP contribution >= 0.6 is 0 Å². The normalized spacial score (nSPS) is 10.4. The molecule has 0 bridgehead atoms. The molecule has 0 spiro atoms. The van der Waals surface area contributed by atoms with E-state index >= 15 is 0 Å². The van der Waals surface area contributed by atoms with Gasteiger partial charge in [-0.2, -0.15) is 0 Å². The summed E-state index contributed by atoms with van der Waals surface area (Å²) in [6.07, 6.45) is 5.11. The molecule has 1 aromatic rings. The van der Waals surface area contributed by atoms with Crippen LogP contribution in [-0.4, -0.2) is 19.1 Å². The third kappa shape index (κ3) is 6.25. The van der Waals surface area contributed by atoms with Gasteiger partial charge in [0.1, 0.15) is 0 Å². The lowest BCUT2D eigenvalue weighted by Crippen LogP contribution is -2.30. The van der Waals surface area contributed by atoms with E-state index in [0.717, 1.165) is 38.6 Å². The molecule has 4 nitrogen and oxygen atoms in total. The van der Waals surface area contributed by atoms with Crippen molar-refractivity contribution in [2.45, 2.75) is 39.0 Å². The van der Waals surface area contributed by atoms with Gasteiger partial charge in [0.05, 0.1) is 0 Å². The highest BCUT2D eigenvalue weighted by Gasteiger charge is 2.01. The zero-order chi connectivity index (χ0) is 14.1. The van der Waals surface area contributed by atoms with Gasteiger partial charge < -0.3 is 16.8 Å². The number of urea groups is 1. The van der Waals surface area contributed by atoms with Crippen molar-refractivity contribution >= 4 is 6.03 Å². The number of nitrogens with two attached hydrogens (primary N) is 2. The van der Waals surface area contributed by atoms with E-state index in [1.165, 1.54) is 16.7 Å². The van der Waals surface area contributed by atoms with Crippen LogP contribution < -0.4 is 16.8 Å². The van der Waals surface area contributed by atoms with Crippen LogP contribution in [-0.2, 0) is 19.3 Å². The number of carbonyl (C=O) groups excluding carboxylic acids is 1. The third-order valence-corrected chi connectivity index (χ3v) is 3.15. The monoisotopic (exact) mass is 263 g/mol. The van der Waals surface area contributed by atoms with Gasteiger partial charge in [0.15, 0.2) is 0 Å². The maximum atomic E-state index is 10.7. The summed E-state index contributed by atoms with van der Waals surface area (Å²) in [5.74, 6) is 0. The first kappa shape index (κ1) is 15.5. The molecule has 19 heavy (non-hydrogen) atoms. The summed E-state index contributed by atoms with van der Waals surface area (Å²) in [5, 5.41) is 2.63. The zero-order valence-corrected chi connectivity index (χ0v) is 11.7. The number of benzene rings is 1. The second-order valence-corrected chi connectivity index (χ2v) is 4.80. The van der Waals surface area contributed by atoms with E-state index in [-0.39, 0.29) is 0 Å². The summed E-state index contributed by atoms with van der Waals surface area (Å²) >= 11 is 0. The highest BCUT2D eigenvalue weighted by atomic mass is 16.2. The van der Waals surface area contributed by atoms with Crippen molar-refractivity contribution in [2.75, 3.05) is 13.1 Å². The molecule has 4 heteroatoms. The van der Waals surface area contributed by atoms with E-state index in [0.29, 0.717) is 6.54 Å². The molecule has 0 saturated carbocycles. The highest BCUT2D eigenvalue weighted by molar-refractivity contribution is 5.71. The van der Waals surface area contributed by atoms with E-state index < -0.39 is 6.03 Å². The van der Waals surface area contributed by atoms with E-state index in [9.17, 15) is 4.79 Å². The molecule has 0 aliphatic heterocycles. The minimum Gasteiger partial charge on any atom is -0.352 e. The molecule has 0 saturated heterocycles. The number of rotatable bonds is 8. The molecular formula is C15H25N3O. The smallest absolute Gasteiger partial charge is 0.312 e. The summed E-state index contributed by atoms with van der Waals surface area (Å²) < 4.78 is 0. The maximum absolute atomic E-state index is 10.7. The van der Waals surface area contributed by atoms with Crippen molar-refractivity contribution in [1.82, 2.24) is 5.32 Å². The molecule has 0 aliphatic carbocycles. The van der Waals surface area contributed by atoms with Gasteiger partial charge >= 0.3 is 6.03 Å². The number of hydrogen-bond acceptors (Lipinski definition) is 2. The topological polar surface area (TPSA) is 81.1 Å². The van der Waals surface area contributed by atoms with Crippen molar-refractivity contribution < 1.29 is 4.79 Å². The zero-order valence-electron chi connectivity index (χ0n) is 11.7. The number of carbonyl (C=O) groups is 1.